The van der Waals surface area contributed by atoms with E-state index in [9.17, 15) is 0 Å². The van der Waals surface area contributed by atoms with Gasteiger partial charge in [0.05, 0.1) is 11.2 Å². The third-order valence-corrected chi connectivity index (χ3v) is 14.6. The highest BCUT2D eigenvalue weighted by Crippen LogP contribution is 2.49. The second kappa shape index (κ2) is 12.9. The molecule has 0 aliphatic rings. The van der Waals surface area contributed by atoms with E-state index in [2.05, 4.69) is 146 Å². The summed E-state index contributed by atoms with van der Waals surface area (Å²) in [4.78, 5) is 5.63. The minimum Gasteiger partial charge on any atom is -0.309 e. The summed E-state index contributed by atoms with van der Waals surface area (Å²) in [5.74, 6) is 0. The molecule has 56 heavy (non-hydrogen) atoms. The molecule has 0 fully saturated rings. The van der Waals surface area contributed by atoms with Crippen LogP contribution in [0.4, 0.5) is 0 Å². The Labute approximate surface area is 324 Å². The van der Waals surface area contributed by atoms with Gasteiger partial charge in [-0.3, -0.25) is 0 Å². The Bertz CT molecular complexity index is 3330. The molecule has 2 nitrogen and oxygen atoms in total. The van der Waals surface area contributed by atoms with Crippen LogP contribution in [0.2, 0.25) is 0 Å². The van der Waals surface area contributed by atoms with Gasteiger partial charge >= 0.3 is 0 Å². The highest BCUT2D eigenvalue weighted by atomic mass is 31.2. The van der Waals surface area contributed by atoms with Gasteiger partial charge in [0.1, 0.15) is 0 Å². The maximum Gasteiger partial charge on any atom is 0.171 e. The number of pyridine rings is 1. The molecule has 0 spiro atoms. The quantitative estimate of drug-likeness (QED) is 0.130. The Morgan fingerprint density at radius 2 is 0.786 bits per heavy atom. The number of aromatic nitrogens is 1. The van der Waals surface area contributed by atoms with Gasteiger partial charge in [-0.05, 0) is 61.0 Å². The fourth-order valence-corrected chi connectivity index (χ4v) is 11.9. The Morgan fingerprint density at radius 3 is 1.39 bits per heavy atom. The number of hydrogen-bond acceptors (Lipinski definition) is 2. The lowest BCUT2D eigenvalue weighted by atomic mass is 9.86. The zero-order valence-corrected chi connectivity index (χ0v) is 31.3. The van der Waals surface area contributed by atoms with Crippen LogP contribution in [0.5, 0.6) is 0 Å². The number of rotatable bonds is 5. The highest BCUT2D eigenvalue weighted by molar-refractivity contribution is 7.85. The first-order valence-corrected chi connectivity index (χ1v) is 20.8. The average Bonchev–Trinajstić information content (AvgIpc) is 3.28. The number of hydrogen-bond donors (Lipinski definition) is 0. The summed E-state index contributed by atoms with van der Waals surface area (Å²) in [6.07, 6.45) is 0. The summed E-state index contributed by atoms with van der Waals surface area (Å²) in [5.41, 5.74) is 5.26. The lowest BCUT2D eigenvalue weighted by Gasteiger charge is -2.23. The first-order chi connectivity index (χ1) is 27.7. The van der Waals surface area contributed by atoms with Gasteiger partial charge < -0.3 is 4.57 Å². The summed E-state index contributed by atoms with van der Waals surface area (Å²) < 4.78 is 15.8. The van der Waals surface area contributed by atoms with Crippen LogP contribution >= 0.6 is 7.14 Å². The van der Waals surface area contributed by atoms with Gasteiger partial charge in [0, 0.05) is 43.0 Å². The Kier molecular flexibility index (Phi) is 7.49. The molecule has 0 saturated heterocycles. The lowest BCUT2D eigenvalue weighted by Crippen LogP contribution is -2.25. The van der Waals surface area contributed by atoms with E-state index in [-0.39, 0.29) is 0 Å². The molecule has 0 amide bonds. The molecular weight excluding hydrogens is 698 g/mol. The van der Waals surface area contributed by atoms with Gasteiger partial charge in [0.15, 0.2) is 7.14 Å². The molecule has 0 aliphatic carbocycles. The topological polar surface area (TPSA) is 30.0 Å². The van der Waals surface area contributed by atoms with Crippen molar-refractivity contribution in [3.8, 4) is 22.4 Å². The molecule has 0 bridgehead atoms. The minimum absolute atomic E-state index is 0.825. The van der Waals surface area contributed by atoms with Crippen LogP contribution in [0.25, 0.3) is 87.1 Å². The van der Waals surface area contributed by atoms with E-state index >= 15 is 4.57 Å². The van der Waals surface area contributed by atoms with Crippen LogP contribution in [0.15, 0.2) is 206 Å². The summed E-state index contributed by atoms with van der Waals surface area (Å²) in [6, 6.07) is 71.9. The highest BCUT2D eigenvalue weighted by Gasteiger charge is 2.32. The SMILES string of the molecule is O=P(c1ccccc1)(c1ccccc1)c1ccc(-c2cc3c(-c4ccccc4)nc4c5ccccc5c5ccccc5c4c3c3ccccc23)c2ccccc12. The van der Waals surface area contributed by atoms with E-state index in [0.717, 1.165) is 70.7 Å². The minimum atomic E-state index is -3.25. The molecule has 0 unspecified atom stereocenters. The molecule has 11 aromatic rings. The van der Waals surface area contributed by atoms with Crippen molar-refractivity contribution < 1.29 is 4.57 Å². The smallest absolute Gasteiger partial charge is 0.171 e. The average molecular weight is 732 g/mol. The van der Waals surface area contributed by atoms with Crippen molar-refractivity contribution in [3.63, 3.8) is 0 Å². The molecule has 0 aliphatic heterocycles. The van der Waals surface area contributed by atoms with Crippen molar-refractivity contribution >= 4 is 87.8 Å². The van der Waals surface area contributed by atoms with Gasteiger partial charge in [-0.25, -0.2) is 4.98 Å². The standard InChI is InChI=1S/C53H34NOP/c55-56(36-20-6-2-7-21-36,37-22-8-3-9-23-37)49-33-32-42(38-24-10-14-28-43(38)49)47-34-48-50(44-29-15-12-27-41(44)47)51-45-30-16-11-25-39(45)40-26-13-17-31-46(40)53(51)54-52(48)35-18-4-1-5-19-35/h1-34H. The van der Waals surface area contributed by atoms with Crippen molar-refractivity contribution in [1.82, 2.24) is 4.98 Å². The maximum absolute atomic E-state index is 15.8. The van der Waals surface area contributed by atoms with E-state index in [4.69, 9.17) is 4.98 Å². The summed E-state index contributed by atoms with van der Waals surface area (Å²) in [7, 11) is -3.25. The molecule has 1 heterocycles. The first-order valence-electron chi connectivity index (χ1n) is 19.1. The fourth-order valence-electron chi connectivity index (χ4n) is 9.03. The second-order valence-electron chi connectivity index (χ2n) is 14.5. The molecular formula is C53H34NOP. The van der Waals surface area contributed by atoms with E-state index in [1.165, 1.54) is 32.3 Å². The number of benzene rings is 10. The molecule has 262 valence electrons. The summed E-state index contributed by atoms with van der Waals surface area (Å²) in [5, 5.41) is 15.1. The monoisotopic (exact) mass is 731 g/mol. The molecule has 11 rings (SSSR count). The Morgan fingerprint density at radius 1 is 0.339 bits per heavy atom. The Balaban J connectivity index is 1.29. The van der Waals surface area contributed by atoms with Gasteiger partial charge in [-0.2, -0.15) is 0 Å². The molecule has 0 saturated carbocycles. The van der Waals surface area contributed by atoms with Crippen molar-refractivity contribution in [2.75, 3.05) is 0 Å². The normalized spacial score (nSPS) is 12.0. The van der Waals surface area contributed by atoms with E-state index in [1.54, 1.807) is 0 Å². The predicted molar refractivity (Wildman–Crippen MR) is 240 cm³/mol. The molecule has 10 aromatic carbocycles. The van der Waals surface area contributed by atoms with Crippen molar-refractivity contribution in [2.24, 2.45) is 0 Å². The van der Waals surface area contributed by atoms with E-state index in [0.29, 0.717) is 0 Å². The van der Waals surface area contributed by atoms with Crippen LogP contribution in [0, 0.1) is 0 Å². The number of fused-ring (bicyclic) bond motifs is 11. The first kappa shape index (κ1) is 32.6. The van der Waals surface area contributed by atoms with Gasteiger partial charge in [-0.1, -0.05) is 194 Å². The molecule has 0 atom stereocenters. The largest absolute Gasteiger partial charge is 0.309 e. The fraction of sp³-hybridized carbons (Fsp3) is 0. The van der Waals surface area contributed by atoms with Crippen molar-refractivity contribution in [2.45, 2.75) is 0 Å². The molecule has 0 radical (unpaired) electrons. The van der Waals surface area contributed by atoms with Gasteiger partial charge in [0.25, 0.3) is 0 Å². The predicted octanol–water partition coefficient (Wildman–Crippen LogP) is 13.0. The van der Waals surface area contributed by atoms with Crippen LogP contribution < -0.4 is 15.9 Å². The maximum atomic E-state index is 15.8. The third kappa shape index (κ3) is 4.83. The van der Waals surface area contributed by atoms with Crippen LogP contribution in [-0.2, 0) is 4.57 Å². The second-order valence-corrected chi connectivity index (χ2v) is 17.2. The zero-order chi connectivity index (χ0) is 37.2. The zero-order valence-electron chi connectivity index (χ0n) is 30.4. The third-order valence-electron chi connectivity index (χ3n) is 11.5. The van der Waals surface area contributed by atoms with Crippen LogP contribution in [0.3, 0.4) is 0 Å². The number of nitrogens with zero attached hydrogens (tertiary/aromatic N) is 1. The Hall–Kier alpha value is -6.86. The van der Waals surface area contributed by atoms with Gasteiger partial charge in [-0.15, -0.1) is 0 Å². The molecule has 0 N–H and O–H groups in total. The lowest BCUT2D eigenvalue weighted by molar-refractivity contribution is 0.592. The van der Waals surface area contributed by atoms with E-state index in [1.807, 2.05) is 60.7 Å². The van der Waals surface area contributed by atoms with Crippen LogP contribution in [-0.4, -0.2) is 4.98 Å². The molecule has 3 heteroatoms. The van der Waals surface area contributed by atoms with Gasteiger partial charge in [0.2, 0.25) is 0 Å². The molecule has 1 aromatic heterocycles. The summed E-state index contributed by atoms with van der Waals surface area (Å²) >= 11 is 0. The van der Waals surface area contributed by atoms with Crippen molar-refractivity contribution in [1.29, 1.82) is 0 Å². The van der Waals surface area contributed by atoms with Crippen LogP contribution in [0.1, 0.15) is 0 Å². The summed E-state index contributed by atoms with van der Waals surface area (Å²) in [6.45, 7) is 0. The van der Waals surface area contributed by atoms with Crippen molar-refractivity contribution in [3.05, 3.63) is 206 Å². The van der Waals surface area contributed by atoms with E-state index < -0.39 is 7.14 Å².